The minimum Gasteiger partial charge on any atom is -0.462 e. The number of aliphatic hydroxyl groups is 2. The highest BCUT2D eigenvalue weighted by Crippen LogP contribution is 2.18. The zero-order valence-electron chi connectivity index (χ0n) is 42.9. The summed E-state index contributed by atoms with van der Waals surface area (Å²) >= 11 is 0. The number of unbranched alkanes of at least 4 members (excludes halogenated alkanes) is 29. The van der Waals surface area contributed by atoms with Gasteiger partial charge >= 0.3 is 5.97 Å². The zero-order valence-corrected chi connectivity index (χ0v) is 42.9. The molecule has 0 aromatic heterocycles. The molecule has 0 spiro atoms. The van der Waals surface area contributed by atoms with Gasteiger partial charge in [-0.1, -0.05) is 254 Å². The molecule has 1 amide bonds. The predicted molar refractivity (Wildman–Crippen MR) is 282 cm³/mol. The Hall–Kier alpha value is -2.70. The second-order valence-electron chi connectivity index (χ2n) is 18.8. The maximum atomic E-state index is 13.2. The van der Waals surface area contributed by atoms with Crippen molar-refractivity contribution in [3.8, 4) is 0 Å². The van der Waals surface area contributed by atoms with E-state index in [0.717, 1.165) is 70.6 Å². The van der Waals surface area contributed by atoms with Gasteiger partial charge in [0.15, 0.2) is 0 Å². The van der Waals surface area contributed by atoms with E-state index in [1.807, 2.05) is 36.5 Å². The first-order chi connectivity index (χ1) is 32.0. The number of carbonyl (C=O) groups is 2. The van der Waals surface area contributed by atoms with Crippen LogP contribution in [-0.4, -0.2) is 46.9 Å². The second-order valence-corrected chi connectivity index (χ2v) is 18.8. The fourth-order valence-corrected chi connectivity index (χ4v) is 8.16. The summed E-state index contributed by atoms with van der Waals surface area (Å²) < 4.78 is 5.93. The van der Waals surface area contributed by atoms with Gasteiger partial charge in [-0.25, -0.2) is 0 Å². The molecule has 376 valence electrons. The van der Waals surface area contributed by atoms with Crippen LogP contribution in [0.1, 0.15) is 265 Å². The van der Waals surface area contributed by atoms with Gasteiger partial charge in [0.1, 0.15) is 6.10 Å². The van der Waals surface area contributed by atoms with Crippen molar-refractivity contribution in [1.82, 2.24) is 5.32 Å². The second kappa shape index (κ2) is 52.3. The molecule has 0 fully saturated rings. The predicted octanol–water partition coefficient (Wildman–Crippen LogP) is 17.0. The topological polar surface area (TPSA) is 95.9 Å². The standard InChI is InChI=1S/C59H105NO5/c1-4-7-10-13-16-19-22-25-27-29-31-34-37-40-43-46-49-52-59(64)65-55(50-47-44-41-38-35-33-30-28-26-23-20-17-14-11-8-5-2)53-58(63)60-56(54-61)57(62)51-48-45-42-39-36-32-24-21-18-15-12-9-6-3/h11,14,17,20,23,25-28,30,33,35,55-57,61-62H,4-10,12-13,15-16,18-19,21-22,24,29,31-32,34,36-54H2,1-3H3,(H,60,63)/b14-11+,20-17+,26-23+,27-25+,30-28+,35-33+. The number of amides is 1. The molecule has 6 heteroatoms. The number of nitrogens with one attached hydrogen (secondary N) is 1. The van der Waals surface area contributed by atoms with Gasteiger partial charge in [0, 0.05) is 6.42 Å². The Bertz CT molecular complexity index is 1200. The number of hydrogen-bond donors (Lipinski definition) is 3. The van der Waals surface area contributed by atoms with Crippen LogP contribution in [0.5, 0.6) is 0 Å². The van der Waals surface area contributed by atoms with Gasteiger partial charge in [0.25, 0.3) is 0 Å². The average Bonchev–Trinajstić information content (AvgIpc) is 3.30. The Morgan fingerprint density at radius 3 is 1.31 bits per heavy atom. The summed E-state index contributed by atoms with van der Waals surface area (Å²) in [4.78, 5) is 26.2. The summed E-state index contributed by atoms with van der Waals surface area (Å²) in [5.74, 6) is -0.518. The van der Waals surface area contributed by atoms with Crippen LogP contribution in [0.25, 0.3) is 0 Å². The molecule has 0 aliphatic carbocycles. The van der Waals surface area contributed by atoms with Gasteiger partial charge in [0.2, 0.25) is 5.91 Å². The van der Waals surface area contributed by atoms with Crippen molar-refractivity contribution in [2.24, 2.45) is 0 Å². The lowest BCUT2D eigenvalue weighted by Gasteiger charge is -2.24. The highest BCUT2D eigenvalue weighted by atomic mass is 16.5. The molecule has 0 aliphatic rings. The molecule has 0 radical (unpaired) electrons. The number of carbonyl (C=O) groups excluding carboxylic acids is 2. The van der Waals surface area contributed by atoms with E-state index in [9.17, 15) is 19.8 Å². The normalized spacial score (nSPS) is 13.7. The molecule has 0 bridgehead atoms. The summed E-state index contributed by atoms with van der Waals surface area (Å²) in [5, 5.41) is 23.8. The largest absolute Gasteiger partial charge is 0.462 e. The van der Waals surface area contributed by atoms with E-state index >= 15 is 0 Å². The van der Waals surface area contributed by atoms with E-state index in [4.69, 9.17) is 4.74 Å². The van der Waals surface area contributed by atoms with Gasteiger partial charge in [-0.15, -0.1) is 0 Å². The van der Waals surface area contributed by atoms with E-state index in [1.165, 1.54) is 148 Å². The summed E-state index contributed by atoms with van der Waals surface area (Å²) in [6, 6.07) is -0.719. The van der Waals surface area contributed by atoms with Crippen LogP contribution in [0.4, 0.5) is 0 Å². The molecule has 6 nitrogen and oxygen atoms in total. The van der Waals surface area contributed by atoms with E-state index < -0.39 is 18.2 Å². The fourth-order valence-electron chi connectivity index (χ4n) is 8.16. The van der Waals surface area contributed by atoms with Crippen LogP contribution in [0, 0.1) is 0 Å². The molecule has 3 unspecified atom stereocenters. The molecule has 0 saturated heterocycles. The monoisotopic (exact) mass is 908 g/mol. The quantitative estimate of drug-likeness (QED) is 0.0245. The number of allylic oxidation sites excluding steroid dienone is 12. The van der Waals surface area contributed by atoms with Crippen molar-refractivity contribution in [2.45, 2.75) is 283 Å². The third-order valence-electron chi connectivity index (χ3n) is 12.4. The molecule has 3 atom stereocenters. The molecule has 3 N–H and O–H groups in total. The zero-order chi connectivity index (χ0) is 47.4. The lowest BCUT2D eigenvalue weighted by Crippen LogP contribution is -2.46. The van der Waals surface area contributed by atoms with Crippen LogP contribution < -0.4 is 5.32 Å². The van der Waals surface area contributed by atoms with Crippen molar-refractivity contribution in [3.63, 3.8) is 0 Å². The number of aliphatic hydroxyl groups excluding tert-OH is 2. The molecule has 0 saturated carbocycles. The van der Waals surface area contributed by atoms with E-state index in [1.54, 1.807) is 0 Å². The van der Waals surface area contributed by atoms with Gasteiger partial charge in [-0.05, 0) is 70.6 Å². The third-order valence-corrected chi connectivity index (χ3v) is 12.4. The molecule has 0 heterocycles. The smallest absolute Gasteiger partial charge is 0.306 e. The Kier molecular flexibility index (Phi) is 50.1. The van der Waals surface area contributed by atoms with Gasteiger partial charge in [-0.2, -0.15) is 0 Å². The minimum atomic E-state index is -0.803. The van der Waals surface area contributed by atoms with Gasteiger partial charge < -0.3 is 20.3 Å². The van der Waals surface area contributed by atoms with Crippen molar-refractivity contribution in [2.75, 3.05) is 6.61 Å². The number of rotatable bonds is 49. The Morgan fingerprint density at radius 1 is 0.446 bits per heavy atom. The van der Waals surface area contributed by atoms with Gasteiger partial charge in [-0.3, -0.25) is 9.59 Å². The number of ether oxygens (including phenoxy) is 1. The van der Waals surface area contributed by atoms with E-state index in [-0.39, 0.29) is 24.9 Å². The van der Waals surface area contributed by atoms with Crippen LogP contribution in [-0.2, 0) is 14.3 Å². The summed E-state index contributed by atoms with van der Waals surface area (Å²) in [6.07, 6.45) is 66.7. The fraction of sp³-hybridized carbons (Fsp3) is 0.763. The molecule has 0 aliphatic heterocycles. The van der Waals surface area contributed by atoms with Crippen molar-refractivity contribution >= 4 is 11.9 Å². The molecular weight excluding hydrogens is 803 g/mol. The minimum absolute atomic E-state index is 0.0460. The van der Waals surface area contributed by atoms with E-state index in [2.05, 4.69) is 62.5 Å². The number of hydrogen-bond acceptors (Lipinski definition) is 5. The van der Waals surface area contributed by atoms with Crippen LogP contribution in [0.3, 0.4) is 0 Å². The van der Waals surface area contributed by atoms with Crippen molar-refractivity contribution in [1.29, 1.82) is 0 Å². The SMILES string of the molecule is CCC/C=C/C=C/C=C/C=C/C=C/CCCCCC(CC(=O)NC(CO)C(O)CCCCCCCCCCCCCCC)OC(=O)CCCCCCCCC/C=C/CCCCCCCC. The van der Waals surface area contributed by atoms with Crippen molar-refractivity contribution in [3.05, 3.63) is 72.9 Å². The van der Waals surface area contributed by atoms with Crippen LogP contribution >= 0.6 is 0 Å². The van der Waals surface area contributed by atoms with Crippen LogP contribution in [0.2, 0.25) is 0 Å². The molecular formula is C59H105NO5. The Morgan fingerprint density at radius 2 is 0.831 bits per heavy atom. The summed E-state index contributed by atoms with van der Waals surface area (Å²) in [5.41, 5.74) is 0. The molecule has 0 aromatic rings. The summed E-state index contributed by atoms with van der Waals surface area (Å²) in [7, 11) is 0. The Labute approximate surface area is 402 Å². The first-order valence-corrected chi connectivity index (χ1v) is 27.7. The maximum absolute atomic E-state index is 13.2. The first-order valence-electron chi connectivity index (χ1n) is 27.7. The average molecular weight is 908 g/mol. The maximum Gasteiger partial charge on any atom is 0.306 e. The summed E-state index contributed by atoms with van der Waals surface area (Å²) in [6.45, 7) is 6.39. The van der Waals surface area contributed by atoms with Crippen molar-refractivity contribution < 1.29 is 24.5 Å². The third kappa shape index (κ3) is 47.6. The molecule has 65 heavy (non-hydrogen) atoms. The Balaban J connectivity index is 4.67. The van der Waals surface area contributed by atoms with E-state index in [0.29, 0.717) is 19.3 Å². The number of esters is 1. The highest BCUT2D eigenvalue weighted by Gasteiger charge is 2.24. The lowest BCUT2D eigenvalue weighted by atomic mass is 10.0. The molecule has 0 rings (SSSR count). The highest BCUT2D eigenvalue weighted by molar-refractivity contribution is 5.77. The van der Waals surface area contributed by atoms with Crippen LogP contribution in [0.15, 0.2) is 72.9 Å². The molecule has 0 aromatic carbocycles. The lowest BCUT2D eigenvalue weighted by molar-refractivity contribution is -0.151. The van der Waals surface area contributed by atoms with Gasteiger partial charge in [0.05, 0.1) is 25.2 Å². The first kappa shape index (κ1) is 62.3.